The molecule has 1 aromatic heterocycles. The normalized spacial score (nSPS) is 16.7. The van der Waals surface area contributed by atoms with E-state index in [2.05, 4.69) is 10.6 Å². The van der Waals surface area contributed by atoms with Gasteiger partial charge in [0.2, 0.25) is 0 Å². The van der Waals surface area contributed by atoms with Gasteiger partial charge in [0, 0.05) is 35.0 Å². The SMILES string of the molecule is N#CCC1(Cn2ccc3c(Cl)cc(Cl)cc32)CC1. The second-order valence-electron chi connectivity index (χ2n) is 5.10. The molecule has 4 heteroatoms. The fourth-order valence-corrected chi connectivity index (χ4v) is 3.00. The Labute approximate surface area is 116 Å². The first-order valence-electron chi connectivity index (χ1n) is 5.94. The fraction of sp³-hybridized carbons (Fsp3) is 0.357. The van der Waals surface area contributed by atoms with Gasteiger partial charge in [-0.25, -0.2) is 0 Å². The van der Waals surface area contributed by atoms with E-state index >= 15 is 0 Å². The Hall–Kier alpha value is -1.17. The molecule has 1 aliphatic carbocycles. The highest BCUT2D eigenvalue weighted by Crippen LogP contribution is 2.50. The van der Waals surface area contributed by atoms with Crippen molar-refractivity contribution in [1.82, 2.24) is 4.57 Å². The van der Waals surface area contributed by atoms with E-state index in [9.17, 15) is 0 Å². The predicted molar refractivity (Wildman–Crippen MR) is 73.9 cm³/mol. The number of halogens is 2. The molecule has 0 atom stereocenters. The van der Waals surface area contributed by atoms with E-state index in [1.54, 1.807) is 6.07 Å². The fourth-order valence-electron chi connectivity index (χ4n) is 2.45. The summed E-state index contributed by atoms with van der Waals surface area (Å²) in [7, 11) is 0. The average Bonchev–Trinajstić information content (AvgIpc) is 2.94. The lowest BCUT2D eigenvalue weighted by Crippen LogP contribution is -2.10. The van der Waals surface area contributed by atoms with Crippen molar-refractivity contribution in [2.24, 2.45) is 5.41 Å². The number of aromatic nitrogens is 1. The molecule has 0 spiro atoms. The minimum absolute atomic E-state index is 0.176. The molecule has 0 amide bonds. The van der Waals surface area contributed by atoms with Crippen molar-refractivity contribution in [2.45, 2.75) is 25.8 Å². The van der Waals surface area contributed by atoms with Crippen molar-refractivity contribution in [1.29, 1.82) is 5.26 Å². The van der Waals surface area contributed by atoms with Crippen LogP contribution in [-0.4, -0.2) is 4.57 Å². The first kappa shape index (κ1) is 11.9. The van der Waals surface area contributed by atoms with Gasteiger partial charge in [-0.1, -0.05) is 23.2 Å². The smallest absolute Gasteiger partial charge is 0.0628 e. The van der Waals surface area contributed by atoms with E-state index in [4.69, 9.17) is 28.5 Å². The number of hydrogen-bond donors (Lipinski definition) is 0. The van der Waals surface area contributed by atoms with Gasteiger partial charge >= 0.3 is 0 Å². The monoisotopic (exact) mass is 278 g/mol. The summed E-state index contributed by atoms with van der Waals surface area (Å²) in [5.41, 5.74) is 1.23. The molecule has 2 aromatic rings. The van der Waals surface area contributed by atoms with Crippen LogP contribution in [0.2, 0.25) is 10.0 Å². The number of nitrogens with zero attached hydrogens (tertiary/aromatic N) is 2. The van der Waals surface area contributed by atoms with Gasteiger partial charge in [-0.15, -0.1) is 0 Å². The lowest BCUT2D eigenvalue weighted by atomic mass is 10.0. The van der Waals surface area contributed by atoms with Crippen molar-refractivity contribution in [3.63, 3.8) is 0 Å². The molecular weight excluding hydrogens is 267 g/mol. The molecule has 1 aromatic carbocycles. The molecule has 0 radical (unpaired) electrons. The van der Waals surface area contributed by atoms with Crippen LogP contribution >= 0.6 is 23.2 Å². The van der Waals surface area contributed by atoms with Crippen molar-refractivity contribution >= 4 is 34.1 Å². The molecule has 0 unspecified atom stereocenters. The van der Waals surface area contributed by atoms with Crippen LogP contribution in [0, 0.1) is 16.7 Å². The third-order valence-corrected chi connectivity index (χ3v) is 4.25. The molecule has 0 saturated heterocycles. The first-order chi connectivity index (χ1) is 8.63. The summed E-state index contributed by atoms with van der Waals surface area (Å²) in [5, 5.41) is 11.2. The van der Waals surface area contributed by atoms with Gasteiger partial charge in [0.05, 0.1) is 16.6 Å². The minimum Gasteiger partial charge on any atom is -0.347 e. The zero-order valence-corrected chi connectivity index (χ0v) is 11.3. The third kappa shape index (κ3) is 1.98. The maximum atomic E-state index is 8.87. The summed E-state index contributed by atoms with van der Waals surface area (Å²) in [4.78, 5) is 0. The summed E-state index contributed by atoms with van der Waals surface area (Å²) >= 11 is 12.2. The highest BCUT2D eigenvalue weighted by molar-refractivity contribution is 6.38. The third-order valence-electron chi connectivity index (χ3n) is 3.72. The Morgan fingerprint density at radius 3 is 2.78 bits per heavy atom. The molecule has 0 bridgehead atoms. The summed E-state index contributed by atoms with van der Waals surface area (Å²) in [6.45, 7) is 0.876. The van der Waals surface area contributed by atoms with Crippen molar-refractivity contribution in [3.05, 3.63) is 34.4 Å². The Balaban J connectivity index is 2.01. The number of rotatable bonds is 3. The van der Waals surface area contributed by atoms with E-state index in [0.29, 0.717) is 16.5 Å². The molecule has 92 valence electrons. The van der Waals surface area contributed by atoms with Crippen LogP contribution in [0.1, 0.15) is 19.3 Å². The molecule has 1 saturated carbocycles. The molecule has 2 nitrogen and oxygen atoms in total. The van der Waals surface area contributed by atoms with Gasteiger partial charge in [-0.05, 0) is 31.0 Å². The second-order valence-corrected chi connectivity index (χ2v) is 5.94. The van der Waals surface area contributed by atoms with Gasteiger partial charge in [0.15, 0.2) is 0 Å². The Bertz CT molecular complexity index is 648. The van der Waals surface area contributed by atoms with Crippen LogP contribution in [0.25, 0.3) is 10.9 Å². The number of benzene rings is 1. The van der Waals surface area contributed by atoms with Crippen LogP contribution in [0.3, 0.4) is 0 Å². The van der Waals surface area contributed by atoms with Crippen molar-refractivity contribution in [3.8, 4) is 6.07 Å². The lowest BCUT2D eigenvalue weighted by Gasteiger charge is -2.13. The van der Waals surface area contributed by atoms with Gasteiger partial charge in [0.25, 0.3) is 0 Å². The van der Waals surface area contributed by atoms with E-state index in [1.807, 2.05) is 18.3 Å². The molecule has 1 aliphatic rings. The quantitative estimate of drug-likeness (QED) is 0.804. The van der Waals surface area contributed by atoms with Gasteiger partial charge in [-0.3, -0.25) is 0 Å². The summed E-state index contributed by atoms with van der Waals surface area (Å²) in [6, 6.07) is 8.00. The Kier molecular flexibility index (Phi) is 2.77. The van der Waals surface area contributed by atoms with Gasteiger partial charge in [0.1, 0.15) is 0 Å². The number of hydrogen-bond acceptors (Lipinski definition) is 1. The van der Waals surface area contributed by atoms with E-state index in [0.717, 1.165) is 30.3 Å². The average molecular weight is 279 g/mol. The van der Waals surface area contributed by atoms with Crippen LogP contribution in [-0.2, 0) is 6.54 Å². The predicted octanol–water partition coefficient (Wildman–Crippen LogP) is 4.64. The van der Waals surface area contributed by atoms with Gasteiger partial charge in [-0.2, -0.15) is 5.26 Å². The second kappa shape index (κ2) is 4.19. The highest BCUT2D eigenvalue weighted by atomic mass is 35.5. The lowest BCUT2D eigenvalue weighted by molar-refractivity contribution is 0.440. The number of nitriles is 1. The molecule has 1 fully saturated rings. The van der Waals surface area contributed by atoms with Crippen molar-refractivity contribution < 1.29 is 0 Å². The molecule has 0 aliphatic heterocycles. The molecule has 18 heavy (non-hydrogen) atoms. The summed E-state index contributed by atoms with van der Waals surface area (Å²) in [6.07, 6.45) is 4.92. The van der Waals surface area contributed by atoms with Crippen molar-refractivity contribution in [2.75, 3.05) is 0 Å². The van der Waals surface area contributed by atoms with Crippen LogP contribution in [0.5, 0.6) is 0 Å². The highest BCUT2D eigenvalue weighted by Gasteiger charge is 2.42. The molecular formula is C14H12Cl2N2. The molecule has 0 N–H and O–H groups in total. The molecule has 1 heterocycles. The Morgan fingerprint density at radius 2 is 2.11 bits per heavy atom. The zero-order valence-electron chi connectivity index (χ0n) is 9.79. The first-order valence-corrected chi connectivity index (χ1v) is 6.70. The van der Waals surface area contributed by atoms with E-state index < -0.39 is 0 Å². The minimum atomic E-state index is 0.176. The summed E-state index contributed by atoms with van der Waals surface area (Å²) in [5.74, 6) is 0. The Morgan fingerprint density at radius 1 is 1.33 bits per heavy atom. The maximum Gasteiger partial charge on any atom is 0.0628 e. The van der Waals surface area contributed by atoms with Gasteiger partial charge < -0.3 is 4.57 Å². The largest absolute Gasteiger partial charge is 0.347 e. The van der Waals surface area contributed by atoms with Crippen LogP contribution in [0.4, 0.5) is 0 Å². The number of fused-ring (bicyclic) bond motifs is 1. The van der Waals surface area contributed by atoms with Crippen LogP contribution < -0.4 is 0 Å². The van der Waals surface area contributed by atoms with E-state index in [-0.39, 0.29) is 5.41 Å². The zero-order chi connectivity index (χ0) is 12.8. The topological polar surface area (TPSA) is 28.7 Å². The van der Waals surface area contributed by atoms with E-state index in [1.165, 1.54) is 0 Å². The van der Waals surface area contributed by atoms with Crippen LogP contribution in [0.15, 0.2) is 24.4 Å². The molecule has 3 rings (SSSR count). The maximum absolute atomic E-state index is 8.87. The summed E-state index contributed by atoms with van der Waals surface area (Å²) < 4.78 is 2.16. The standard InChI is InChI=1S/C14H12Cl2N2/c15-10-7-12(16)11-1-6-18(13(11)8-10)9-14(2-3-14)4-5-17/h1,6-8H,2-4,9H2.